The van der Waals surface area contributed by atoms with Crippen LogP contribution in [0.25, 0.3) is 0 Å². The predicted molar refractivity (Wildman–Crippen MR) is 79.5 cm³/mol. The normalized spacial score (nSPS) is 11.9. The molecule has 0 saturated carbocycles. The van der Waals surface area contributed by atoms with E-state index in [9.17, 15) is 0 Å². The van der Waals surface area contributed by atoms with Crippen LogP contribution in [0.4, 0.5) is 6.01 Å². The summed E-state index contributed by atoms with van der Waals surface area (Å²) in [5.41, 5.74) is 7.48. The van der Waals surface area contributed by atoms with Gasteiger partial charge < -0.3 is 15.6 Å². The van der Waals surface area contributed by atoms with E-state index in [1.807, 2.05) is 13.0 Å². The first-order valence-electron chi connectivity index (χ1n) is 6.36. The molecule has 0 radical (unpaired) electrons. The molecule has 1 atom stereocenters. The van der Waals surface area contributed by atoms with Gasteiger partial charge in [0.25, 0.3) is 0 Å². The maximum Gasteiger partial charge on any atom is 0.312 e. The van der Waals surface area contributed by atoms with E-state index in [4.69, 9.17) is 32.4 Å². The number of nitrogens with zero attached hydrogens (tertiary/aromatic N) is 3. The summed E-state index contributed by atoms with van der Waals surface area (Å²) in [7, 11) is 0. The molecule has 0 amide bonds. The molecular weight excluding hydrogens is 290 g/mol. The number of benzene rings is 1. The van der Waals surface area contributed by atoms with Crippen molar-refractivity contribution in [1.82, 2.24) is 10.2 Å². The van der Waals surface area contributed by atoms with E-state index >= 15 is 0 Å². The van der Waals surface area contributed by atoms with Crippen LogP contribution in [0.3, 0.4) is 0 Å². The predicted octanol–water partition coefficient (Wildman–Crippen LogP) is 3.05. The van der Waals surface area contributed by atoms with Gasteiger partial charge in [0, 0.05) is 5.56 Å². The van der Waals surface area contributed by atoms with Gasteiger partial charge in [0.05, 0.1) is 22.2 Å². The van der Waals surface area contributed by atoms with E-state index in [2.05, 4.69) is 10.2 Å². The van der Waals surface area contributed by atoms with Crippen molar-refractivity contribution < 1.29 is 4.42 Å². The number of hydrogen-bond donors (Lipinski definition) is 2. The van der Waals surface area contributed by atoms with E-state index < -0.39 is 0 Å². The van der Waals surface area contributed by atoms with Gasteiger partial charge in [-0.3, -0.25) is 0 Å². The van der Waals surface area contributed by atoms with Gasteiger partial charge in [0.1, 0.15) is 6.07 Å². The molecule has 2 aromatic rings. The zero-order valence-corrected chi connectivity index (χ0v) is 12.4. The average Bonchev–Trinajstić information content (AvgIpc) is 2.89. The largest absolute Gasteiger partial charge is 0.408 e. The Morgan fingerprint density at radius 2 is 2.24 bits per heavy atom. The first-order valence-corrected chi connectivity index (χ1v) is 6.74. The van der Waals surface area contributed by atoms with Crippen LogP contribution in [-0.4, -0.2) is 15.9 Å². The van der Waals surface area contributed by atoms with Crippen molar-refractivity contribution in [2.75, 3.05) is 5.73 Å². The van der Waals surface area contributed by atoms with Gasteiger partial charge in [0.15, 0.2) is 0 Å². The second-order valence-corrected chi connectivity index (χ2v) is 4.94. The van der Waals surface area contributed by atoms with Crippen molar-refractivity contribution in [3.63, 3.8) is 0 Å². The molecule has 21 heavy (non-hydrogen) atoms. The lowest BCUT2D eigenvalue weighted by Crippen LogP contribution is -2.14. The fourth-order valence-electron chi connectivity index (χ4n) is 2.14. The lowest BCUT2D eigenvalue weighted by Gasteiger charge is -2.15. The Balaban J connectivity index is 2.44. The van der Waals surface area contributed by atoms with Gasteiger partial charge in [-0.25, -0.2) is 0 Å². The number of halogens is 1. The molecule has 0 aliphatic rings. The summed E-state index contributed by atoms with van der Waals surface area (Å²) in [6, 6.07) is 5.32. The Kier molecular flexibility index (Phi) is 4.24. The number of nitriles is 1. The number of hydrogen-bond acceptors (Lipinski definition) is 6. The van der Waals surface area contributed by atoms with Crippen LogP contribution in [0.5, 0.6) is 0 Å². The number of nitrogen functional groups attached to an aromatic ring is 1. The van der Waals surface area contributed by atoms with E-state index in [0.717, 1.165) is 0 Å². The van der Waals surface area contributed by atoms with Crippen LogP contribution < -0.4 is 5.73 Å². The third-order valence-electron chi connectivity index (χ3n) is 3.31. The van der Waals surface area contributed by atoms with Crippen LogP contribution in [0, 0.1) is 23.7 Å². The Morgan fingerprint density at radius 1 is 1.52 bits per heavy atom. The fraction of sp³-hybridized carbons (Fsp3) is 0.286. The van der Waals surface area contributed by atoms with Crippen molar-refractivity contribution in [1.29, 1.82) is 10.7 Å². The molecule has 0 bridgehead atoms. The molecule has 7 heteroatoms. The van der Waals surface area contributed by atoms with Crippen molar-refractivity contribution in [2.45, 2.75) is 26.2 Å². The summed E-state index contributed by atoms with van der Waals surface area (Å²) < 4.78 is 5.22. The minimum absolute atomic E-state index is 0.0224. The van der Waals surface area contributed by atoms with Crippen molar-refractivity contribution in [2.24, 2.45) is 0 Å². The zero-order valence-electron chi connectivity index (χ0n) is 11.6. The van der Waals surface area contributed by atoms with Crippen LogP contribution in [-0.2, 0) is 0 Å². The highest BCUT2D eigenvalue weighted by Crippen LogP contribution is 2.29. The molecule has 2 rings (SSSR count). The highest BCUT2D eigenvalue weighted by molar-refractivity contribution is 6.33. The maximum absolute atomic E-state index is 8.97. The van der Waals surface area contributed by atoms with Crippen LogP contribution in [0.2, 0.25) is 5.02 Å². The Bertz CT molecular complexity index is 731. The molecule has 1 aromatic heterocycles. The van der Waals surface area contributed by atoms with E-state index in [1.165, 1.54) is 0 Å². The van der Waals surface area contributed by atoms with Crippen molar-refractivity contribution in [3.05, 3.63) is 39.7 Å². The van der Waals surface area contributed by atoms with Gasteiger partial charge in [-0.1, -0.05) is 29.7 Å². The van der Waals surface area contributed by atoms with Crippen LogP contribution in [0.15, 0.2) is 16.5 Å². The van der Waals surface area contributed by atoms with Gasteiger partial charge >= 0.3 is 6.01 Å². The van der Waals surface area contributed by atoms with Crippen molar-refractivity contribution >= 4 is 23.3 Å². The molecule has 0 saturated heterocycles. The topological polar surface area (TPSA) is 113 Å². The Morgan fingerprint density at radius 3 is 2.76 bits per heavy atom. The van der Waals surface area contributed by atoms with Gasteiger partial charge in [-0.2, -0.15) is 5.26 Å². The molecule has 6 nitrogen and oxygen atoms in total. The molecule has 3 N–H and O–H groups in total. The number of nitrogens with two attached hydrogens (primary N) is 1. The van der Waals surface area contributed by atoms with E-state index in [0.29, 0.717) is 39.7 Å². The summed E-state index contributed by atoms with van der Waals surface area (Å²) in [5, 5.41) is 25.2. The minimum Gasteiger partial charge on any atom is -0.408 e. The summed E-state index contributed by atoms with van der Waals surface area (Å²) in [5.74, 6) is -0.0580. The minimum atomic E-state index is -0.363. The highest BCUT2D eigenvalue weighted by atomic mass is 35.5. The summed E-state index contributed by atoms with van der Waals surface area (Å²) in [4.78, 5) is 0. The zero-order chi connectivity index (χ0) is 15.6. The smallest absolute Gasteiger partial charge is 0.312 e. The lowest BCUT2D eigenvalue weighted by atomic mass is 9.91. The third-order valence-corrected chi connectivity index (χ3v) is 3.80. The monoisotopic (exact) mass is 303 g/mol. The average molecular weight is 304 g/mol. The molecule has 0 spiro atoms. The molecule has 0 fully saturated rings. The molecular formula is C14H14ClN5O. The highest BCUT2D eigenvalue weighted by Gasteiger charge is 2.24. The number of aromatic nitrogens is 2. The van der Waals surface area contributed by atoms with E-state index in [-0.39, 0.29) is 11.9 Å². The third kappa shape index (κ3) is 2.73. The number of nitrogens with one attached hydrogen (secondary N) is 1. The second kappa shape index (κ2) is 5.94. The summed E-state index contributed by atoms with van der Waals surface area (Å²) in [6.07, 6.45) is 0.609. The quantitative estimate of drug-likeness (QED) is 0.843. The van der Waals surface area contributed by atoms with Crippen LogP contribution >= 0.6 is 11.6 Å². The molecule has 108 valence electrons. The molecule has 1 heterocycles. The number of rotatable bonds is 4. The van der Waals surface area contributed by atoms with Gasteiger partial charge in [0.2, 0.25) is 5.89 Å². The number of anilines is 1. The SMILES string of the molecule is CCC(C(=N)c1ccc(C#N)c(Cl)c1C)c1nnc(N)o1. The van der Waals surface area contributed by atoms with E-state index in [1.54, 1.807) is 19.1 Å². The maximum atomic E-state index is 8.97. The Labute approximate surface area is 127 Å². The molecule has 1 unspecified atom stereocenters. The Hall–Kier alpha value is -2.39. The van der Waals surface area contributed by atoms with Gasteiger partial charge in [-0.05, 0) is 25.0 Å². The summed E-state index contributed by atoms with van der Waals surface area (Å²) in [6.45, 7) is 3.70. The van der Waals surface area contributed by atoms with Gasteiger partial charge in [-0.15, -0.1) is 5.10 Å². The molecule has 0 aliphatic carbocycles. The van der Waals surface area contributed by atoms with Crippen LogP contribution in [0.1, 0.15) is 41.8 Å². The fourth-order valence-corrected chi connectivity index (χ4v) is 2.35. The lowest BCUT2D eigenvalue weighted by molar-refractivity contribution is 0.491. The van der Waals surface area contributed by atoms with Crippen molar-refractivity contribution in [3.8, 4) is 6.07 Å². The first kappa shape index (κ1) is 15.0. The molecule has 0 aliphatic heterocycles. The second-order valence-electron chi connectivity index (χ2n) is 4.56. The first-order chi connectivity index (χ1) is 9.99. The standard InChI is InChI=1S/C14H14ClN5O/c1-3-9(13-19-20-14(18)21-13)12(17)10-5-4-8(6-16)11(15)7(10)2/h4-5,9,17H,3H2,1-2H3,(H2,18,20). The molecule has 1 aromatic carbocycles. The summed E-state index contributed by atoms with van der Waals surface area (Å²) >= 11 is 6.15.